The van der Waals surface area contributed by atoms with Gasteiger partial charge in [-0.3, -0.25) is 0 Å². The second-order valence-electron chi connectivity index (χ2n) is 13.2. The average molecular weight is 541 g/mol. The number of hydrogen-bond donors (Lipinski definition) is 0. The summed E-state index contributed by atoms with van der Waals surface area (Å²) in [5.74, 6) is 1.75. The molecule has 0 heteroatoms. The highest BCUT2D eigenvalue weighted by Crippen LogP contribution is 2.92. The van der Waals surface area contributed by atoms with Crippen LogP contribution < -0.4 is 0 Å². The summed E-state index contributed by atoms with van der Waals surface area (Å²) in [5.41, 5.74) is 7.23. The van der Waals surface area contributed by atoms with Crippen molar-refractivity contribution in [2.24, 2.45) is 10.8 Å². The lowest BCUT2D eigenvalue weighted by molar-refractivity contribution is 0.304. The van der Waals surface area contributed by atoms with Crippen molar-refractivity contribution in [3.63, 3.8) is 0 Å². The fourth-order valence-electron chi connectivity index (χ4n) is 9.31. The molecule has 0 saturated heterocycles. The van der Waals surface area contributed by atoms with Crippen molar-refractivity contribution in [2.75, 3.05) is 0 Å². The van der Waals surface area contributed by atoms with Gasteiger partial charge in [-0.2, -0.15) is 0 Å². The highest BCUT2D eigenvalue weighted by Gasteiger charge is 2.87. The van der Waals surface area contributed by atoms with Gasteiger partial charge in [-0.05, 0) is 95.8 Å². The van der Waals surface area contributed by atoms with Crippen LogP contribution in [0.1, 0.15) is 112 Å². The molecule has 2 saturated carbocycles. The summed E-state index contributed by atoms with van der Waals surface area (Å²) >= 11 is 0. The Balaban J connectivity index is 1.38. The zero-order chi connectivity index (χ0) is 28.3. The SMILES string of the molecule is CCCC(c1ccccc1)C1(c2ccccc2)CC12CC2(CC)CC(CC(CC)c1ccccc1)c1ccccc1. The molecule has 41 heavy (non-hydrogen) atoms. The first-order valence-electron chi connectivity index (χ1n) is 16.3. The molecule has 0 radical (unpaired) electrons. The van der Waals surface area contributed by atoms with Crippen molar-refractivity contribution < 1.29 is 0 Å². The molecule has 0 bridgehead atoms. The van der Waals surface area contributed by atoms with Crippen LogP contribution in [0.4, 0.5) is 0 Å². The molecule has 6 atom stereocenters. The summed E-state index contributed by atoms with van der Waals surface area (Å²) in [5, 5.41) is 0. The molecule has 2 aliphatic rings. The maximum absolute atomic E-state index is 2.50. The highest BCUT2D eigenvalue weighted by atomic mass is 14.9. The predicted molar refractivity (Wildman–Crippen MR) is 174 cm³/mol. The maximum atomic E-state index is 2.50. The summed E-state index contributed by atoms with van der Waals surface area (Å²) in [7, 11) is 0. The molecule has 1 spiro atoms. The van der Waals surface area contributed by atoms with Gasteiger partial charge < -0.3 is 0 Å². The largest absolute Gasteiger partial charge is 0.0654 e. The van der Waals surface area contributed by atoms with Gasteiger partial charge in [-0.25, -0.2) is 0 Å². The van der Waals surface area contributed by atoms with Gasteiger partial charge in [0.25, 0.3) is 0 Å². The zero-order valence-corrected chi connectivity index (χ0v) is 25.4. The van der Waals surface area contributed by atoms with E-state index in [1.165, 1.54) is 62.5 Å². The van der Waals surface area contributed by atoms with E-state index in [1.807, 2.05) is 0 Å². The lowest BCUT2D eigenvalue weighted by Gasteiger charge is -2.33. The lowest BCUT2D eigenvalue weighted by Crippen LogP contribution is -2.25. The topological polar surface area (TPSA) is 0 Å². The fourth-order valence-corrected chi connectivity index (χ4v) is 9.31. The van der Waals surface area contributed by atoms with Crippen molar-refractivity contribution in [1.29, 1.82) is 0 Å². The average Bonchev–Trinajstić information content (AvgIpc) is 3.92. The van der Waals surface area contributed by atoms with Crippen molar-refractivity contribution in [2.45, 2.75) is 95.3 Å². The van der Waals surface area contributed by atoms with Gasteiger partial charge in [0.15, 0.2) is 0 Å². The van der Waals surface area contributed by atoms with E-state index in [9.17, 15) is 0 Å². The minimum Gasteiger partial charge on any atom is -0.0654 e. The molecule has 2 aliphatic carbocycles. The Kier molecular flexibility index (Phi) is 7.95. The second kappa shape index (κ2) is 11.6. The first-order chi connectivity index (χ1) is 20.1. The third kappa shape index (κ3) is 4.88. The maximum Gasteiger partial charge on any atom is 0.00895 e. The van der Waals surface area contributed by atoms with E-state index in [0.29, 0.717) is 28.6 Å². The van der Waals surface area contributed by atoms with E-state index in [1.54, 1.807) is 11.1 Å². The highest BCUT2D eigenvalue weighted by molar-refractivity contribution is 5.52. The van der Waals surface area contributed by atoms with Crippen molar-refractivity contribution in [1.82, 2.24) is 0 Å². The molecule has 0 amide bonds. The summed E-state index contributed by atoms with van der Waals surface area (Å²) in [6, 6.07) is 46.0. The Morgan fingerprint density at radius 1 is 0.585 bits per heavy atom. The Morgan fingerprint density at radius 2 is 1.10 bits per heavy atom. The Morgan fingerprint density at radius 3 is 1.61 bits per heavy atom. The van der Waals surface area contributed by atoms with E-state index in [4.69, 9.17) is 0 Å². The Bertz CT molecular complexity index is 1380. The van der Waals surface area contributed by atoms with Crippen LogP contribution in [0, 0.1) is 10.8 Å². The van der Waals surface area contributed by atoms with Crippen molar-refractivity contribution in [3.8, 4) is 0 Å². The van der Waals surface area contributed by atoms with Crippen LogP contribution in [-0.4, -0.2) is 0 Å². The molecule has 2 fully saturated rings. The van der Waals surface area contributed by atoms with E-state index in [0.717, 1.165) is 0 Å². The minimum absolute atomic E-state index is 0.243. The van der Waals surface area contributed by atoms with Gasteiger partial charge in [0, 0.05) is 5.41 Å². The van der Waals surface area contributed by atoms with Crippen LogP contribution >= 0.6 is 0 Å². The number of benzene rings is 4. The molecule has 212 valence electrons. The van der Waals surface area contributed by atoms with Gasteiger partial charge in [-0.1, -0.05) is 149 Å². The van der Waals surface area contributed by atoms with Crippen LogP contribution in [0.5, 0.6) is 0 Å². The zero-order valence-electron chi connectivity index (χ0n) is 25.4. The summed E-state index contributed by atoms with van der Waals surface area (Å²) in [6.45, 7) is 7.25. The summed E-state index contributed by atoms with van der Waals surface area (Å²) in [6.07, 6.45) is 10.2. The molecule has 0 aromatic heterocycles. The monoisotopic (exact) mass is 540 g/mol. The molecule has 0 heterocycles. The van der Waals surface area contributed by atoms with Crippen LogP contribution in [-0.2, 0) is 5.41 Å². The van der Waals surface area contributed by atoms with Crippen LogP contribution in [0.2, 0.25) is 0 Å². The third-order valence-corrected chi connectivity index (χ3v) is 11.4. The Labute approximate surface area is 249 Å². The van der Waals surface area contributed by atoms with E-state index >= 15 is 0 Å². The van der Waals surface area contributed by atoms with E-state index in [-0.39, 0.29) is 5.41 Å². The molecule has 0 N–H and O–H groups in total. The van der Waals surface area contributed by atoms with Crippen LogP contribution in [0.15, 0.2) is 121 Å². The smallest absolute Gasteiger partial charge is 0.00895 e. The molecule has 6 unspecified atom stereocenters. The third-order valence-electron chi connectivity index (χ3n) is 11.4. The van der Waals surface area contributed by atoms with Crippen LogP contribution in [0.3, 0.4) is 0 Å². The lowest BCUT2D eigenvalue weighted by atomic mass is 9.70. The van der Waals surface area contributed by atoms with Crippen LogP contribution in [0.25, 0.3) is 0 Å². The molecule has 0 aliphatic heterocycles. The first-order valence-corrected chi connectivity index (χ1v) is 16.3. The van der Waals surface area contributed by atoms with E-state index < -0.39 is 0 Å². The first kappa shape index (κ1) is 28.0. The molecule has 6 rings (SSSR count). The molecule has 4 aromatic carbocycles. The molecule has 0 nitrogen and oxygen atoms in total. The second-order valence-corrected chi connectivity index (χ2v) is 13.2. The predicted octanol–water partition coefficient (Wildman–Crippen LogP) is 11.5. The fraction of sp³-hybridized carbons (Fsp3) is 0.415. The normalized spacial score (nSPS) is 26.8. The van der Waals surface area contributed by atoms with Gasteiger partial charge in [-0.15, -0.1) is 0 Å². The van der Waals surface area contributed by atoms with Gasteiger partial charge in [0.1, 0.15) is 0 Å². The minimum atomic E-state index is 0.243. The molecular weight excluding hydrogens is 492 g/mol. The number of rotatable bonds is 13. The molecular formula is C41H48. The summed E-state index contributed by atoms with van der Waals surface area (Å²) in [4.78, 5) is 0. The van der Waals surface area contributed by atoms with Gasteiger partial charge in [0.2, 0.25) is 0 Å². The summed E-state index contributed by atoms with van der Waals surface area (Å²) < 4.78 is 0. The Hall–Kier alpha value is -3.12. The quantitative estimate of drug-likeness (QED) is 0.158. The number of hydrogen-bond acceptors (Lipinski definition) is 0. The van der Waals surface area contributed by atoms with Gasteiger partial charge >= 0.3 is 0 Å². The van der Waals surface area contributed by atoms with Crippen molar-refractivity contribution >= 4 is 0 Å². The van der Waals surface area contributed by atoms with Gasteiger partial charge in [0.05, 0.1) is 0 Å². The standard InChI is InChI=1S/C41H48/c1-4-19-38(35-24-15-9-16-25-35)41(37-26-17-10-18-27-37)31-40(41)30-39(40,6-3)29-36(34-22-13-8-14-23-34)28-32(5-2)33-20-11-7-12-21-33/h7-18,20-27,32,36,38H,4-6,19,28-31H2,1-3H3. The van der Waals surface area contributed by atoms with Crippen molar-refractivity contribution in [3.05, 3.63) is 144 Å². The molecule has 4 aromatic rings. The van der Waals surface area contributed by atoms with E-state index in [2.05, 4.69) is 142 Å².